The summed E-state index contributed by atoms with van der Waals surface area (Å²) in [5, 5.41) is 29.6. The van der Waals surface area contributed by atoms with Crippen molar-refractivity contribution in [3.63, 3.8) is 0 Å². The van der Waals surface area contributed by atoms with E-state index in [1.807, 2.05) is 18.2 Å². The van der Waals surface area contributed by atoms with Crippen molar-refractivity contribution in [1.29, 1.82) is 0 Å². The predicted molar refractivity (Wildman–Crippen MR) is 77.5 cm³/mol. The van der Waals surface area contributed by atoms with Crippen molar-refractivity contribution < 1.29 is 15.0 Å². The number of carboxylic acids is 1. The summed E-state index contributed by atoms with van der Waals surface area (Å²) in [4.78, 5) is 11.4. The van der Waals surface area contributed by atoms with E-state index >= 15 is 0 Å². The number of carboxylic acid groups (broad SMARTS) is 1. The van der Waals surface area contributed by atoms with Crippen molar-refractivity contribution >= 4 is 5.97 Å². The lowest BCUT2D eigenvalue weighted by molar-refractivity contribution is 0.0697. The van der Waals surface area contributed by atoms with Gasteiger partial charge in [0.1, 0.15) is 6.33 Å². The van der Waals surface area contributed by atoms with Gasteiger partial charge in [-0.1, -0.05) is 24.3 Å². The summed E-state index contributed by atoms with van der Waals surface area (Å²) in [7, 11) is 0. The maximum Gasteiger partial charge on any atom is 0.335 e. The summed E-state index contributed by atoms with van der Waals surface area (Å²) in [5.74, 6) is -1.04. The molecule has 0 aliphatic rings. The molecular formula is C15H12N4O3. The Balaban J connectivity index is 2.21. The highest BCUT2D eigenvalue weighted by Gasteiger charge is 2.12. The Morgan fingerprint density at radius 1 is 1.18 bits per heavy atom. The minimum atomic E-state index is -1.04. The van der Waals surface area contributed by atoms with Crippen molar-refractivity contribution in [2.45, 2.75) is 6.61 Å². The second-order valence-electron chi connectivity index (χ2n) is 4.64. The molecule has 22 heavy (non-hydrogen) atoms. The lowest BCUT2D eigenvalue weighted by Crippen LogP contribution is -2.02. The Bertz CT molecular complexity index is 815. The van der Waals surface area contributed by atoms with Gasteiger partial charge in [-0.3, -0.25) is 0 Å². The van der Waals surface area contributed by atoms with Crippen LogP contribution in [0.25, 0.3) is 16.8 Å². The molecule has 110 valence electrons. The fourth-order valence-corrected chi connectivity index (χ4v) is 2.24. The summed E-state index contributed by atoms with van der Waals surface area (Å²) >= 11 is 0. The molecule has 0 fully saturated rings. The van der Waals surface area contributed by atoms with Crippen molar-refractivity contribution in [3.8, 4) is 16.8 Å². The minimum absolute atomic E-state index is 0.121. The van der Waals surface area contributed by atoms with Crippen molar-refractivity contribution in [2.75, 3.05) is 0 Å². The first-order valence-electron chi connectivity index (χ1n) is 6.50. The summed E-state index contributed by atoms with van der Waals surface area (Å²) in [6.07, 6.45) is 1.39. The number of hydrogen-bond donors (Lipinski definition) is 2. The number of aromatic nitrogens is 4. The molecule has 0 atom stereocenters. The molecule has 0 bridgehead atoms. The average Bonchev–Trinajstić information content (AvgIpc) is 3.09. The van der Waals surface area contributed by atoms with Crippen LogP contribution in [0.3, 0.4) is 0 Å². The number of tetrazole rings is 1. The van der Waals surface area contributed by atoms with Gasteiger partial charge in [0.2, 0.25) is 0 Å². The number of aromatic carboxylic acids is 1. The van der Waals surface area contributed by atoms with E-state index in [-0.39, 0.29) is 12.2 Å². The lowest BCUT2D eigenvalue weighted by Gasteiger charge is -2.10. The summed E-state index contributed by atoms with van der Waals surface area (Å²) < 4.78 is 1.39. The molecule has 0 saturated carbocycles. The van der Waals surface area contributed by atoms with Gasteiger partial charge in [-0.15, -0.1) is 5.10 Å². The van der Waals surface area contributed by atoms with Crippen LogP contribution in [0.15, 0.2) is 48.8 Å². The number of nitrogens with zero attached hydrogens (tertiary/aromatic N) is 4. The lowest BCUT2D eigenvalue weighted by atomic mass is 9.97. The van der Waals surface area contributed by atoms with Crippen LogP contribution in [0, 0.1) is 0 Å². The van der Waals surface area contributed by atoms with Crippen LogP contribution in [0.5, 0.6) is 0 Å². The van der Waals surface area contributed by atoms with Crippen LogP contribution in [0.4, 0.5) is 0 Å². The first-order chi connectivity index (χ1) is 10.7. The largest absolute Gasteiger partial charge is 0.478 e. The van der Waals surface area contributed by atoms with Crippen LogP contribution in [-0.4, -0.2) is 36.4 Å². The van der Waals surface area contributed by atoms with E-state index in [0.29, 0.717) is 16.8 Å². The number of hydrogen-bond acceptors (Lipinski definition) is 5. The molecule has 1 aromatic heterocycles. The van der Waals surface area contributed by atoms with Crippen LogP contribution >= 0.6 is 0 Å². The average molecular weight is 296 g/mol. The molecule has 0 aliphatic carbocycles. The van der Waals surface area contributed by atoms with E-state index in [1.54, 1.807) is 18.2 Å². The summed E-state index contributed by atoms with van der Waals surface area (Å²) in [6.45, 7) is -0.131. The molecule has 0 aliphatic heterocycles. The maximum atomic E-state index is 11.4. The first-order valence-corrected chi connectivity index (χ1v) is 6.50. The Kier molecular flexibility index (Phi) is 3.63. The molecular weight excluding hydrogens is 284 g/mol. The van der Waals surface area contributed by atoms with E-state index in [2.05, 4.69) is 15.5 Å². The van der Waals surface area contributed by atoms with Gasteiger partial charge in [0, 0.05) is 0 Å². The van der Waals surface area contributed by atoms with Gasteiger partial charge in [0.05, 0.1) is 17.9 Å². The molecule has 7 nitrogen and oxygen atoms in total. The zero-order chi connectivity index (χ0) is 15.5. The molecule has 0 spiro atoms. The molecule has 2 aromatic carbocycles. The highest BCUT2D eigenvalue weighted by atomic mass is 16.4. The van der Waals surface area contributed by atoms with Gasteiger partial charge in [-0.05, 0) is 45.3 Å². The molecule has 0 radical (unpaired) electrons. The fourth-order valence-electron chi connectivity index (χ4n) is 2.24. The first kappa shape index (κ1) is 13.9. The SMILES string of the molecule is O=C(O)c1cc(-c2ccccc2CO)cc(-n2cnnn2)c1. The third-order valence-electron chi connectivity index (χ3n) is 3.28. The molecule has 3 aromatic rings. The smallest absolute Gasteiger partial charge is 0.335 e. The van der Waals surface area contributed by atoms with Crippen molar-refractivity contribution in [2.24, 2.45) is 0 Å². The van der Waals surface area contributed by atoms with Gasteiger partial charge in [0.15, 0.2) is 0 Å². The third-order valence-corrected chi connectivity index (χ3v) is 3.28. The topological polar surface area (TPSA) is 101 Å². The fraction of sp³-hybridized carbons (Fsp3) is 0.0667. The van der Waals surface area contributed by atoms with E-state index in [4.69, 9.17) is 0 Å². The summed E-state index contributed by atoms with van der Waals surface area (Å²) in [6, 6.07) is 12.1. The zero-order valence-electron chi connectivity index (χ0n) is 11.4. The van der Waals surface area contributed by atoms with Crippen molar-refractivity contribution in [1.82, 2.24) is 20.2 Å². The van der Waals surface area contributed by atoms with Gasteiger partial charge in [-0.25, -0.2) is 9.48 Å². The minimum Gasteiger partial charge on any atom is -0.478 e. The maximum absolute atomic E-state index is 11.4. The van der Waals surface area contributed by atoms with Crippen LogP contribution in [0.1, 0.15) is 15.9 Å². The number of carbonyl (C=O) groups is 1. The molecule has 1 heterocycles. The monoisotopic (exact) mass is 296 g/mol. The highest BCUT2D eigenvalue weighted by molar-refractivity contribution is 5.90. The second-order valence-corrected chi connectivity index (χ2v) is 4.64. The van der Waals surface area contributed by atoms with Gasteiger partial charge < -0.3 is 10.2 Å². The Labute approximate surface area is 125 Å². The standard InChI is InChI=1S/C15H12N4O3/c20-8-10-3-1-2-4-14(10)11-5-12(15(21)22)7-13(6-11)19-9-16-17-18-19/h1-7,9,20H,8H2,(H,21,22). The van der Waals surface area contributed by atoms with E-state index in [9.17, 15) is 15.0 Å². The highest BCUT2D eigenvalue weighted by Crippen LogP contribution is 2.27. The van der Waals surface area contributed by atoms with Crippen LogP contribution < -0.4 is 0 Å². The van der Waals surface area contributed by atoms with Gasteiger partial charge in [0.25, 0.3) is 0 Å². The molecule has 0 unspecified atom stereocenters. The van der Waals surface area contributed by atoms with Gasteiger partial charge in [-0.2, -0.15) is 0 Å². The quantitative estimate of drug-likeness (QED) is 0.757. The number of aliphatic hydroxyl groups excluding tert-OH is 1. The Hall–Kier alpha value is -3.06. The molecule has 0 amide bonds. The number of benzene rings is 2. The number of rotatable bonds is 4. The third kappa shape index (κ3) is 2.57. The second kappa shape index (κ2) is 5.74. The van der Waals surface area contributed by atoms with Gasteiger partial charge >= 0.3 is 5.97 Å². The Morgan fingerprint density at radius 3 is 2.68 bits per heavy atom. The summed E-state index contributed by atoms with van der Waals surface area (Å²) in [5.41, 5.74) is 2.81. The predicted octanol–water partition coefficient (Wildman–Crippen LogP) is 1.52. The van der Waals surface area contributed by atoms with E-state index in [0.717, 1.165) is 5.56 Å². The zero-order valence-corrected chi connectivity index (χ0v) is 11.4. The van der Waals surface area contributed by atoms with E-state index < -0.39 is 5.97 Å². The molecule has 0 saturated heterocycles. The normalized spacial score (nSPS) is 10.6. The number of aliphatic hydroxyl groups is 1. The molecule has 3 rings (SSSR count). The van der Waals surface area contributed by atoms with Crippen LogP contribution in [0.2, 0.25) is 0 Å². The molecule has 7 heteroatoms. The van der Waals surface area contributed by atoms with E-state index in [1.165, 1.54) is 17.1 Å². The van der Waals surface area contributed by atoms with Crippen LogP contribution in [-0.2, 0) is 6.61 Å². The van der Waals surface area contributed by atoms with Crippen molar-refractivity contribution in [3.05, 3.63) is 59.9 Å². The molecule has 2 N–H and O–H groups in total. The Morgan fingerprint density at radius 2 is 2.00 bits per heavy atom.